The van der Waals surface area contributed by atoms with E-state index in [9.17, 15) is 9.59 Å². The molecule has 1 aromatic carbocycles. The smallest absolute Gasteiger partial charge is 0.335 e. The Balaban J connectivity index is 1.47. The van der Waals surface area contributed by atoms with Crippen molar-refractivity contribution in [2.45, 2.75) is 38.8 Å². The number of hydrogen-bond acceptors (Lipinski definition) is 4. The summed E-state index contributed by atoms with van der Waals surface area (Å²) in [6.45, 7) is 0.658. The van der Waals surface area contributed by atoms with E-state index in [1.54, 1.807) is 12.1 Å². The molecule has 1 aliphatic rings. The Hall–Kier alpha value is -2.83. The molecule has 3 N–H and O–H groups in total. The number of fused-ring (bicyclic) bond motifs is 1. The van der Waals surface area contributed by atoms with E-state index in [4.69, 9.17) is 9.63 Å². The molecular formula is C17H19N3O4. The molecule has 2 amide bonds. The lowest BCUT2D eigenvalue weighted by Gasteiger charge is -2.10. The van der Waals surface area contributed by atoms with Crippen molar-refractivity contribution < 1.29 is 19.2 Å². The predicted octanol–water partition coefficient (Wildman–Crippen LogP) is 2.25. The molecule has 2 aromatic rings. The van der Waals surface area contributed by atoms with Gasteiger partial charge in [-0.3, -0.25) is 0 Å². The summed E-state index contributed by atoms with van der Waals surface area (Å²) in [5.41, 5.74) is 2.98. The van der Waals surface area contributed by atoms with Crippen molar-refractivity contribution in [3.8, 4) is 0 Å². The van der Waals surface area contributed by atoms with E-state index < -0.39 is 5.97 Å². The van der Waals surface area contributed by atoms with Crippen LogP contribution in [-0.2, 0) is 25.9 Å². The molecule has 1 aliphatic carbocycles. The average Bonchev–Trinajstić information content (AvgIpc) is 3.01. The third-order valence-electron chi connectivity index (χ3n) is 4.10. The minimum absolute atomic E-state index is 0.221. The maximum Gasteiger partial charge on any atom is 0.335 e. The number of aromatic carboxylic acids is 1. The molecule has 0 bridgehead atoms. The molecule has 0 spiro atoms. The average molecular weight is 329 g/mol. The first-order valence-electron chi connectivity index (χ1n) is 7.93. The largest absolute Gasteiger partial charge is 0.478 e. The monoisotopic (exact) mass is 329 g/mol. The number of benzene rings is 1. The highest BCUT2D eigenvalue weighted by Gasteiger charge is 2.19. The molecule has 7 heteroatoms. The summed E-state index contributed by atoms with van der Waals surface area (Å²) >= 11 is 0. The van der Waals surface area contributed by atoms with Crippen LogP contribution >= 0.6 is 0 Å². The van der Waals surface area contributed by atoms with Gasteiger partial charge < -0.3 is 20.3 Å². The van der Waals surface area contributed by atoms with Gasteiger partial charge in [-0.15, -0.1) is 0 Å². The number of aryl methyl sites for hydroxylation is 1. The fourth-order valence-electron chi connectivity index (χ4n) is 2.76. The highest BCUT2D eigenvalue weighted by molar-refractivity contribution is 5.87. The summed E-state index contributed by atoms with van der Waals surface area (Å²) in [4.78, 5) is 22.7. The van der Waals surface area contributed by atoms with Crippen LogP contribution in [0.3, 0.4) is 0 Å². The van der Waals surface area contributed by atoms with E-state index in [2.05, 4.69) is 15.8 Å². The quantitative estimate of drug-likeness (QED) is 0.780. The summed E-state index contributed by atoms with van der Waals surface area (Å²) in [5.74, 6) is -0.0276. The number of carboxylic acids is 1. The molecule has 24 heavy (non-hydrogen) atoms. The third-order valence-corrected chi connectivity index (χ3v) is 4.10. The summed E-state index contributed by atoms with van der Waals surface area (Å²) < 4.78 is 5.31. The van der Waals surface area contributed by atoms with Crippen LogP contribution < -0.4 is 10.6 Å². The molecule has 126 valence electrons. The van der Waals surface area contributed by atoms with Crippen molar-refractivity contribution in [1.29, 1.82) is 0 Å². The van der Waals surface area contributed by atoms with Crippen molar-refractivity contribution in [2.75, 3.05) is 0 Å². The van der Waals surface area contributed by atoms with Crippen LogP contribution in [0.2, 0.25) is 0 Å². The van der Waals surface area contributed by atoms with Crippen molar-refractivity contribution >= 4 is 12.0 Å². The Kier molecular flexibility index (Phi) is 4.79. The third kappa shape index (κ3) is 3.73. The van der Waals surface area contributed by atoms with Crippen molar-refractivity contribution in [1.82, 2.24) is 15.8 Å². The van der Waals surface area contributed by atoms with Crippen molar-refractivity contribution in [3.05, 3.63) is 52.4 Å². The first-order chi connectivity index (χ1) is 11.6. The van der Waals surface area contributed by atoms with Gasteiger partial charge in [0.15, 0.2) is 0 Å². The number of carbonyl (C=O) groups excluding carboxylic acids is 1. The molecule has 0 aliphatic heterocycles. The Morgan fingerprint density at radius 2 is 1.79 bits per heavy atom. The number of nitrogens with one attached hydrogen (secondary N) is 2. The zero-order valence-corrected chi connectivity index (χ0v) is 13.2. The molecular weight excluding hydrogens is 310 g/mol. The topological polar surface area (TPSA) is 104 Å². The standard InChI is InChI=1S/C17H19N3O4/c21-16(22)12-7-5-11(6-8-12)9-18-17(23)19-10-14-13-3-1-2-4-15(13)24-20-14/h5-8H,1-4,9-10H2,(H,21,22)(H2,18,19,23). The number of rotatable bonds is 5. The summed E-state index contributed by atoms with van der Waals surface area (Å²) in [6.07, 6.45) is 4.12. The summed E-state index contributed by atoms with van der Waals surface area (Å²) in [7, 11) is 0. The SMILES string of the molecule is O=C(NCc1ccc(C(=O)O)cc1)NCc1noc2c1CCCC2. The second-order valence-corrected chi connectivity index (χ2v) is 5.78. The van der Waals surface area contributed by atoms with E-state index in [1.165, 1.54) is 12.1 Å². The number of urea groups is 1. The normalized spacial score (nSPS) is 13.2. The predicted molar refractivity (Wildman–Crippen MR) is 85.6 cm³/mol. The van der Waals surface area contributed by atoms with Crippen LogP contribution in [0.4, 0.5) is 4.79 Å². The highest BCUT2D eigenvalue weighted by Crippen LogP contribution is 2.23. The maximum atomic E-state index is 11.9. The molecule has 1 heterocycles. The van der Waals surface area contributed by atoms with Crippen molar-refractivity contribution in [2.24, 2.45) is 0 Å². The number of hydrogen-bond donors (Lipinski definition) is 3. The van der Waals surface area contributed by atoms with E-state index in [-0.39, 0.29) is 11.6 Å². The molecule has 0 saturated carbocycles. The maximum absolute atomic E-state index is 11.9. The van der Waals surface area contributed by atoms with Crippen molar-refractivity contribution in [3.63, 3.8) is 0 Å². The van der Waals surface area contributed by atoms with Gasteiger partial charge in [0.2, 0.25) is 0 Å². The van der Waals surface area contributed by atoms with Gasteiger partial charge >= 0.3 is 12.0 Å². The molecule has 7 nitrogen and oxygen atoms in total. The fraction of sp³-hybridized carbons (Fsp3) is 0.353. The Morgan fingerprint density at radius 1 is 1.08 bits per heavy atom. The number of nitrogens with zero attached hydrogens (tertiary/aromatic N) is 1. The minimum Gasteiger partial charge on any atom is -0.478 e. The first-order valence-corrected chi connectivity index (χ1v) is 7.93. The molecule has 0 saturated heterocycles. The van der Waals surface area contributed by atoms with Gasteiger partial charge in [0.05, 0.1) is 12.1 Å². The van der Waals surface area contributed by atoms with Gasteiger partial charge in [0.25, 0.3) is 0 Å². The number of aromatic nitrogens is 1. The van der Waals surface area contributed by atoms with Crippen LogP contribution in [0, 0.1) is 0 Å². The molecule has 1 aromatic heterocycles. The number of carbonyl (C=O) groups is 2. The zero-order chi connectivity index (χ0) is 16.9. The van der Waals surface area contributed by atoms with E-state index in [1.807, 2.05) is 0 Å². The van der Waals surface area contributed by atoms with Gasteiger partial charge in [0.1, 0.15) is 11.5 Å². The number of amides is 2. The van der Waals surface area contributed by atoms with Gasteiger partial charge in [-0.2, -0.15) is 0 Å². The second kappa shape index (κ2) is 7.16. The fourth-order valence-corrected chi connectivity index (χ4v) is 2.76. The molecule has 0 fully saturated rings. The summed E-state index contributed by atoms with van der Waals surface area (Å²) in [5, 5.41) is 18.4. The lowest BCUT2D eigenvalue weighted by atomic mass is 9.96. The number of carboxylic acid groups (broad SMARTS) is 1. The van der Waals surface area contributed by atoms with Crippen LogP contribution in [0.25, 0.3) is 0 Å². The van der Waals surface area contributed by atoms with Crippen LogP contribution in [0.1, 0.15) is 45.8 Å². The van der Waals surface area contributed by atoms with Crippen LogP contribution in [0.15, 0.2) is 28.8 Å². The van der Waals surface area contributed by atoms with Crippen LogP contribution in [-0.4, -0.2) is 22.3 Å². The molecule has 0 radical (unpaired) electrons. The molecule has 3 rings (SSSR count). The van der Waals surface area contributed by atoms with Gasteiger partial charge in [-0.05, 0) is 37.0 Å². The van der Waals surface area contributed by atoms with Gasteiger partial charge in [-0.25, -0.2) is 9.59 Å². The van der Waals surface area contributed by atoms with Gasteiger partial charge in [-0.1, -0.05) is 17.3 Å². The van der Waals surface area contributed by atoms with Gasteiger partial charge in [0, 0.05) is 18.5 Å². The zero-order valence-electron chi connectivity index (χ0n) is 13.2. The lowest BCUT2D eigenvalue weighted by Crippen LogP contribution is -2.34. The Labute approximate surface area is 139 Å². The highest BCUT2D eigenvalue weighted by atomic mass is 16.5. The Morgan fingerprint density at radius 3 is 2.54 bits per heavy atom. The van der Waals surface area contributed by atoms with E-state index in [0.717, 1.165) is 48.3 Å². The summed E-state index contributed by atoms with van der Waals surface area (Å²) in [6, 6.07) is 6.08. The van der Waals surface area contributed by atoms with Crippen LogP contribution in [0.5, 0.6) is 0 Å². The molecule has 0 unspecified atom stereocenters. The molecule has 0 atom stereocenters. The lowest BCUT2D eigenvalue weighted by molar-refractivity contribution is 0.0697. The van der Waals surface area contributed by atoms with E-state index >= 15 is 0 Å². The van der Waals surface area contributed by atoms with E-state index in [0.29, 0.717) is 13.1 Å². The minimum atomic E-state index is -0.969. The first kappa shape index (κ1) is 16.0. The Bertz CT molecular complexity index is 737. The second-order valence-electron chi connectivity index (χ2n) is 5.78.